The third-order valence-electron chi connectivity index (χ3n) is 5.14. The molecule has 1 amide bonds. The largest absolute Gasteiger partial charge is 0.379 e. The second-order valence-corrected chi connectivity index (χ2v) is 7.95. The SMILES string of the molecule is O=C(/C=C/CN1CCOCC1)NCC#Cc1ccc2ncnc(Nc3ccc(F)c(Cl)c3)c2c1. The van der Waals surface area contributed by atoms with Crippen molar-refractivity contribution in [3.8, 4) is 11.8 Å². The van der Waals surface area contributed by atoms with Gasteiger partial charge in [-0.2, -0.15) is 0 Å². The third-order valence-corrected chi connectivity index (χ3v) is 5.43. The molecule has 0 unspecified atom stereocenters. The predicted molar refractivity (Wildman–Crippen MR) is 131 cm³/mol. The average Bonchev–Trinajstić information content (AvgIpc) is 2.85. The number of benzene rings is 2. The summed E-state index contributed by atoms with van der Waals surface area (Å²) in [6.45, 7) is 4.17. The van der Waals surface area contributed by atoms with Gasteiger partial charge in [0, 0.05) is 42.3 Å². The summed E-state index contributed by atoms with van der Waals surface area (Å²) >= 11 is 5.87. The van der Waals surface area contributed by atoms with Crippen molar-refractivity contribution in [2.45, 2.75) is 0 Å². The zero-order valence-electron chi connectivity index (χ0n) is 18.4. The fourth-order valence-corrected chi connectivity index (χ4v) is 3.55. The predicted octanol–water partition coefficient (Wildman–Crippen LogP) is 3.52. The number of anilines is 2. The molecule has 0 aliphatic carbocycles. The lowest BCUT2D eigenvalue weighted by Gasteiger charge is -2.24. The number of morpholine rings is 1. The minimum absolute atomic E-state index is 0.0212. The van der Waals surface area contributed by atoms with Gasteiger partial charge in [-0.1, -0.05) is 29.5 Å². The molecule has 9 heteroatoms. The number of rotatable bonds is 6. The van der Waals surface area contributed by atoms with Crippen LogP contribution in [0.4, 0.5) is 15.9 Å². The summed E-state index contributed by atoms with van der Waals surface area (Å²) in [7, 11) is 0. The molecule has 1 saturated heterocycles. The number of fused-ring (bicyclic) bond motifs is 1. The Labute approximate surface area is 202 Å². The summed E-state index contributed by atoms with van der Waals surface area (Å²) in [4.78, 5) is 22.8. The Morgan fingerprint density at radius 1 is 1.21 bits per heavy atom. The molecule has 0 bridgehead atoms. The van der Waals surface area contributed by atoms with E-state index in [2.05, 4.69) is 37.3 Å². The maximum atomic E-state index is 13.4. The molecule has 0 radical (unpaired) electrons. The van der Waals surface area contributed by atoms with Gasteiger partial charge in [0.05, 0.1) is 30.3 Å². The molecule has 1 aromatic heterocycles. The van der Waals surface area contributed by atoms with Gasteiger partial charge in [-0.25, -0.2) is 14.4 Å². The summed E-state index contributed by atoms with van der Waals surface area (Å²) in [5.41, 5.74) is 2.09. The number of halogens is 2. The van der Waals surface area contributed by atoms with Crippen LogP contribution in [0, 0.1) is 17.7 Å². The summed E-state index contributed by atoms with van der Waals surface area (Å²) < 4.78 is 18.7. The smallest absolute Gasteiger partial charge is 0.244 e. The number of carbonyl (C=O) groups is 1. The van der Waals surface area contributed by atoms with Crippen LogP contribution >= 0.6 is 11.6 Å². The number of carbonyl (C=O) groups excluding carboxylic acids is 1. The van der Waals surface area contributed by atoms with E-state index < -0.39 is 5.82 Å². The fourth-order valence-electron chi connectivity index (χ4n) is 3.37. The summed E-state index contributed by atoms with van der Waals surface area (Å²) in [6, 6.07) is 9.92. The lowest BCUT2D eigenvalue weighted by Crippen LogP contribution is -2.36. The molecule has 3 aromatic rings. The van der Waals surface area contributed by atoms with Crippen molar-refractivity contribution < 1.29 is 13.9 Å². The molecular formula is C25H23ClFN5O2. The van der Waals surface area contributed by atoms with Gasteiger partial charge in [-0.15, -0.1) is 0 Å². The molecule has 7 nitrogen and oxygen atoms in total. The first-order valence-corrected chi connectivity index (χ1v) is 11.2. The lowest BCUT2D eigenvalue weighted by molar-refractivity contribution is -0.116. The molecule has 34 heavy (non-hydrogen) atoms. The molecule has 1 aliphatic heterocycles. The molecule has 2 aromatic carbocycles. The number of aromatic nitrogens is 2. The number of amides is 1. The van der Waals surface area contributed by atoms with E-state index in [0.29, 0.717) is 11.5 Å². The van der Waals surface area contributed by atoms with Crippen molar-refractivity contribution in [1.82, 2.24) is 20.2 Å². The molecule has 0 atom stereocenters. The van der Waals surface area contributed by atoms with Crippen molar-refractivity contribution in [3.05, 3.63) is 71.3 Å². The average molecular weight is 480 g/mol. The second-order valence-electron chi connectivity index (χ2n) is 7.54. The van der Waals surface area contributed by atoms with E-state index in [4.69, 9.17) is 16.3 Å². The molecule has 1 fully saturated rings. The number of nitrogens with zero attached hydrogens (tertiary/aromatic N) is 3. The minimum atomic E-state index is -0.489. The normalized spacial score (nSPS) is 14.1. The van der Waals surface area contributed by atoms with E-state index in [1.54, 1.807) is 6.07 Å². The van der Waals surface area contributed by atoms with Crippen molar-refractivity contribution in [2.24, 2.45) is 0 Å². The first-order valence-electron chi connectivity index (χ1n) is 10.8. The van der Waals surface area contributed by atoms with Crippen molar-refractivity contribution in [1.29, 1.82) is 0 Å². The van der Waals surface area contributed by atoms with Crippen molar-refractivity contribution in [2.75, 3.05) is 44.7 Å². The van der Waals surface area contributed by atoms with Gasteiger partial charge in [-0.3, -0.25) is 9.69 Å². The van der Waals surface area contributed by atoms with E-state index in [1.807, 2.05) is 24.3 Å². The van der Waals surface area contributed by atoms with Crippen LogP contribution in [0.3, 0.4) is 0 Å². The van der Waals surface area contributed by atoms with Crippen LogP contribution in [0.5, 0.6) is 0 Å². The maximum absolute atomic E-state index is 13.4. The van der Waals surface area contributed by atoms with Crippen LogP contribution in [-0.2, 0) is 9.53 Å². The molecule has 174 valence electrons. The van der Waals surface area contributed by atoms with E-state index in [1.165, 1.54) is 24.5 Å². The Balaban J connectivity index is 1.36. The van der Waals surface area contributed by atoms with E-state index >= 15 is 0 Å². The minimum Gasteiger partial charge on any atom is -0.379 e. The van der Waals surface area contributed by atoms with E-state index in [9.17, 15) is 9.18 Å². The van der Waals surface area contributed by atoms with Gasteiger partial charge >= 0.3 is 0 Å². The Morgan fingerprint density at radius 3 is 2.88 bits per heavy atom. The highest BCUT2D eigenvalue weighted by molar-refractivity contribution is 6.31. The van der Waals surface area contributed by atoms with Crippen LogP contribution in [0.15, 0.2) is 54.9 Å². The van der Waals surface area contributed by atoms with Gasteiger partial charge in [0.2, 0.25) is 5.91 Å². The Hall–Kier alpha value is -3.51. The quantitative estimate of drug-likeness (QED) is 0.416. The number of hydrogen-bond acceptors (Lipinski definition) is 6. The Kier molecular flexibility index (Phi) is 8.04. The zero-order valence-corrected chi connectivity index (χ0v) is 19.1. The molecule has 2 N–H and O–H groups in total. The van der Waals surface area contributed by atoms with Crippen LogP contribution in [-0.4, -0.2) is 60.2 Å². The zero-order chi connectivity index (χ0) is 23.8. The summed E-state index contributed by atoms with van der Waals surface area (Å²) in [6.07, 6.45) is 4.83. The van der Waals surface area contributed by atoms with E-state index in [0.717, 1.165) is 49.3 Å². The van der Waals surface area contributed by atoms with Crippen molar-refractivity contribution in [3.63, 3.8) is 0 Å². The fraction of sp³-hybridized carbons (Fsp3) is 0.240. The standard InChI is InChI=1S/C25H23ClFN5O2/c26-21-16-19(6-7-22(21)27)31-25-20-15-18(5-8-23(20)29-17-30-25)3-1-9-28-24(33)4-2-10-32-11-13-34-14-12-32/h2,4-8,15-17H,9-14H2,(H,28,33)(H,29,30,31)/b4-2+. The molecule has 1 aliphatic rings. The van der Waals surface area contributed by atoms with E-state index in [-0.39, 0.29) is 17.5 Å². The van der Waals surface area contributed by atoms with Crippen molar-refractivity contribution >= 4 is 39.9 Å². The number of nitrogens with one attached hydrogen (secondary N) is 2. The maximum Gasteiger partial charge on any atom is 0.244 e. The van der Waals surface area contributed by atoms with Crippen LogP contribution in [0.25, 0.3) is 10.9 Å². The van der Waals surface area contributed by atoms with Gasteiger partial charge < -0.3 is 15.4 Å². The molecule has 4 rings (SSSR count). The number of ether oxygens (including phenoxy) is 1. The summed E-state index contributed by atoms with van der Waals surface area (Å²) in [5.74, 6) is 5.88. The van der Waals surface area contributed by atoms with Gasteiger partial charge in [0.15, 0.2) is 0 Å². The monoisotopic (exact) mass is 479 g/mol. The lowest BCUT2D eigenvalue weighted by atomic mass is 10.1. The molecular weight excluding hydrogens is 457 g/mol. The highest BCUT2D eigenvalue weighted by atomic mass is 35.5. The molecule has 2 heterocycles. The first-order chi connectivity index (χ1) is 16.6. The number of hydrogen-bond donors (Lipinski definition) is 2. The topological polar surface area (TPSA) is 79.4 Å². The highest BCUT2D eigenvalue weighted by Crippen LogP contribution is 2.26. The highest BCUT2D eigenvalue weighted by Gasteiger charge is 2.08. The van der Waals surface area contributed by atoms with Crippen LogP contribution < -0.4 is 10.6 Å². The Morgan fingerprint density at radius 2 is 2.06 bits per heavy atom. The van der Waals surface area contributed by atoms with Gasteiger partial charge in [0.25, 0.3) is 0 Å². The van der Waals surface area contributed by atoms with Gasteiger partial charge in [-0.05, 0) is 36.4 Å². The van der Waals surface area contributed by atoms with Crippen LogP contribution in [0.2, 0.25) is 5.02 Å². The van der Waals surface area contributed by atoms with Crippen LogP contribution in [0.1, 0.15) is 5.56 Å². The Bertz CT molecular complexity index is 1270. The molecule has 0 spiro atoms. The second kappa shape index (κ2) is 11.6. The van der Waals surface area contributed by atoms with Gasteiger partial charge in [0.1, 0.15) is 18.0 Å². The third kappa shape index (κ3) is 6.51. The summed E-state index contributed by atoms with van der Waals surface area (Å²) in [5, 5.41) is 6.68. The first kappa shape index (κ1) is 23.6. The molecule has 0 saturated carbocycles.